The van der Waals surface area contributed by atoms with Crippen LogP contribution in [0, 0.1) is 23.5 Å². The van der Waals surface area contributed by atoms with Gasteiger partial charge in [-0.2, -0.15) is 0 Å². The van der Waals surface area contributed by atoms with Crippen molar-refractivity contribution in [2.24, 2.45) is 11.8 Å². The Kier molecular flexibility index (Phi) is 3.00. The van der Waals surface area contributed by atoms with E-state index < -0.39 is 11.6 Å². The van der Waals surface area contributed by atoms with Crippen LogP contribution in [0.4, 0.5) is 8.78 Å². The first-order chi connectivity index (χ1) is 10.0. The molecule has 2 bridgehead atoms. The number of nitrogens with zero attached hydrogens (tertiary/aromatic N) is 2. The summed E-state index contributed by atoms with van der Waals surface area (Å²) in [7, 11) is 0. The first-order valence-corrected chi connectivity index (χ1v) is 7.99. The van der Waals surface area contributed by atoms with E-state index in [2.05, 4.69) is 4.98 Å². The van der Waals surface area contributed by atoms with E-state index >= 15 is 0 Å². The Bertz CT molecular complexity index is 710. The Morgan fingerprint density at radius 3 is 2.71 bits per heavy atom. The van der Waals surface area contributed by atoms with Crippen LogP contribution in [0.2, 0.25) is 0 Å². The normalized spacial score (nSPS) is 29.4. The molecule has 0 spiro atoms. The molecule has 0 radical (unpaired) electrons. The first kappa shape index (κ1) is 13.5. The van der Waals surface area contributed by atoms with E-state index in [0.29, 0.717) is 17.3 Å². The molecular formula is C16H17ClF2N2. The van der Waals surface area contributed by atoms with Crippen molar-refractivity contribution >= 4 is 22.6 Å². The van der Waals surface area contributed by atoms with Gasteiger partial charge in [0.05, 0.1) is 10.9 Å². The third-order valence-electron chi connectivity index (χ3n) is 5.13. The van der Waals surface area contributed by atoms with Gasteiger partial charge in [-0.15, -0.1) is 11.6 Å². The quantitative estimate of drug-likeness (QED) is 0.716. The number of halogens is 3. The van der Waals surface area contributed by atoms with E-state index in [9.17, 15) is 8.78 Å². The summed E-state index contributed by atoms with van der Waals surface area (Å²) in [6.45, 7) is 1.83. The lowest BCUT2D eigenvalue weighted by Crippen LogP contribution is -2.18. The van der Waals surface area contributed by atoms with E-state index in [0.717, 1.165) is 18.4 Å². The lowest BCUT2D eigenvalue weighted by molar-refractivity contribution is 0.329. The monoisotopic (exact) mass is 310 g/mol. The molecule has 2 saturated carbocycles. The molecule has 0 aliphatic heterocycles. The van der Waals surface area contributed by atoms with E-state index in [4.69, 9.17) is 11.6 Å². The number of rotatable bonds is 2. The van der Waals surface area contributed by atoms with E-state index in [1.807, 2.05) is 11.5 Å². The van der Waals surface area contributed by atoms with Gasteiger partial charge < -0.3 is 4.57 Å². The maximum atomic E-state index is 14.0. The summed E-state index contributed by atoms with van der Waals surface area (Å²) in [6, 6.07) is 2.56. The molecule has 2 aliphatic rings. The predicted molar refractivity (Wildman–Crippen MR) is 78.4 cm³/mol. The molecule has 4 atom stereocenters. The summed E-state index contributed by atoms with van der Waals surface area (Å²) < 4.78 is 29.7. The Balaban J connectivity index is 1.95. The van der Waals surface area contributed by atoms with Crippen molar-refractivity contribution in [2.75, 3.05) is 0 Å². The first-order valence-electron chi connectivity index (χ1n) is 7.55. The Hall–Kier alpha value is -1.16. The molecule has 0 amide bonds. The zero-order chi connectivity index (χ0) is 14.7. The fourth-order valence-corrected chi connectivity index (χ4v) is 4.45. The summed E-state index contributed by atoms with van der Waals surface area (Å²) >= 11 is 6.25. The van der Waals surface area contributed by atoms with Crippen LogP contribution in [-0.2, 0) is 0 Å². The molecule has 1 aromatic carbocycles. The van der Waals surface area contributed by atoms with Crippen molar-refractivity contribution in [1.82, 2.24) is 9.55 Å². The van der Waals surface area contributed by atoms with Crippen LogP contribution in [-0.4, -0.2) is 9.55 Å². The maximum Gasteiger partial charge on any atom is 0.153 e. The van der Waals surface area contributed by atoms with Crippen LogP contribution >= 0.6 is 11.6 Å². The minimum atomic E-state index is -0.606. The zero-order valence-electron chi connectivity index (χ0n) is 11.8. The van der Waals surface area contributed by atoms with Crippen LogP contribution in [0.5, 0.6) is 0 Å². The fraction of sp³-hybridized carbons (Fsp3) is 0.562. The summed E-state index contributed by atoms with van der Waals surface area (Å²) in [4.78, 5) is 4.37. The van der Waals surface area contributed by atoms with Gasteiger partial charge in [-0.25, -0.2) is 13.8 Å². The second kappa shape index (κ2) is 4.67. The van der Waals surface area contributed by atoms with Gasteiger partial charge >= 0.3 is 0 Å². The molecule has 0 saturated heterocycles. The lowest BCUT2D eigenvalue weighted by atomic mass is 9.95. The van der Waals surface area contributed by atoms with Crippen molar-refractivity contribution in [3.63, 3.8) is 0 Å². The number of imidazole rings is 1. The molecule has 0 N–H and O–H groups in total. The highest BCUT2D eigenvalue weighted by atomic mass is 35.5. The summed E-state index contributed by atoms with van der Waals surface area (Å²) in [5.74, 6) is 0.833. The number of alkyl halides is 1. The van der Waals surface area contributed by atoms with Crippen LogP contribution in [0.15, 0.2) is 12.1 Å². The van der Waals surface area contributed by atoms with Crippen molar-refractivity contribution < 1.29 is 8.78 Å². The smallest absolute Gasteiger partial charge is 0.153 e. The number of fused-ring (bicyclic) bond motifs is 3. The van der Waals surface area contributed by atoms with Gasteiger partial charge in [0.25, 0.3) is 0 Å². The molecular weight excluding hydrogens is 294 g/mol. The molecule has 21 heavy (non-hydrogen) atoms. The molecule has 1 aromatic heterocycles. The van der Waals surface area contributed by atoms with Gasteiger partial charge in [-0.05, 0) is 44.1 Å². The van der Waals surface area contributed by atoms with E-state index in [-0.39, 0.29) is 16.9 Å². The minimum Gasteiger partial charge on any atom is -0.323 e. The van der Waals surface area contributed by atoms with Gasteiger partial charge in [-0.3, -0.25) is 0 Å². The molecule has 1 heterocycles. The van der Waals surface area contributed by atoms with Gasteiger partial charge in [0.2, 0.25) is 0 Å². The predicted octanol–water partition coefficient (Wildman–Crippen LogP) is 4.98. The minimum absolute atomic E-state index is 0.238. The Morgan fingerprint density at radius 1 is 1.29 bits per heavy atom. The van der Waals surface area contributed by atoms with Gasteiger partial charge in [0, 0.05) is 12.1 Å². The molecule has 112 valence electrons. The molecule has 2 aliphatic carbocycles. The summed E-state index contributed by atoms with van der Waals surface area (Å²) in [6.07, 6.45) is 4.77. The third-order valence-corrected chi connectivity index (χ3v) is 5.32. The fourth-order valence-electron chi connectivity index (χ4n) is 4.30. The van der Waals surface area contributed by atoms with Gasteiger partial charge in [-0.1, -0.05) is 6.42 Å². The molecule has 2 nitrogen and oxygen atoms in total. The second-order valence-corrected chi connectivity index (χ2v) is 7.11. The molecule has 2 aromatic rings. The Labute approximate surface area is 127 Å². The van der Waals surface area contributed by atoms with Crippen molar-refractivity contribution in [3.8, 4) is 0 Å². The third kappa shape index (κ3) is 1.99. The largest absolute Gasteiger partial charge is 0.323 e. The van der Waals surface area contributed by atoms with Crippen LogP contribution in [0.3, 0.4) is 0 Å². The SMILES string of the molecule is CC(Cl)c1nc2c(F)cc(F)cc2n1C1CC2CCC1C2. The number of aromatic nitrogens is 2. The van der Waals surface area contributed by atoms with Gasteiger partial charge in [0.15, 0.2) is 5.82 Å². The lowest BCUT2D eigenvalue weighted by Gasteiger charge is -2.26. The second-order valence-electron chi connectivity index (χ2n) is 6.45. The Morgan fingerprint density at radius 2 is 2.10 bits per heavy atom. The molecule has 2 fully saturated rings. The highest BCUT2D eigenvalue weighted by Gasteiger charge is 2.42. The zero-order valence-corrected chi connectivity index (χ0v) is 12.6. The number of hydrogen-bond donors (Lipinski definition) is 0. The average Bonchev–Trinajstić information content (AvgIpc) is 3.09. The van der Waals surface area contributed by atoms with Crippen LogP contribution in [0.1, 0.15) is 49.9 Å². The van der Waals surface area contributed by atoms with Crippen molar-refractivity contribution in [3.05, 3.63) is 29.6 Å². The highest BCUT2D eigenvalue weighted by Crippen LogP contribution is 2.52. The molecule has 4 rings (SSSR count). The number of hydrogen-bond acceptors (Lipinski definition) is 1. The van der Waals surface area contributed by atoms with Crippen LogP contribution in [0.25, 0.3) is 11.0 Å². The highest BCUT2D eigenvalue weighted by molar-refractivity contribution is 6.20. The van der Waals surface area contributed by atoms with Crippen LogP contribution < -0.4 is 0 Å². The van der Waals surface area contributed by atoms with E-state index in [1.165, 1.54) is 25.3 Å². The summed E-state index contributed by atoms with van der Waals surface area (Å²) in [5, 5.41) is -0.320. The van der Waals surface area contributed by atoms with E-state index in [1.54, 1.807) is 0 Å². The summed E-state index contributed by atoms with van der Waals surface area (Å²) in [5.41, 5.74) is 0.786. The average molecular weight is 311 g/mol. The maximum absolute atomic E-state index is 14.0. The van der Waals surface area contributed by atoms with Crippen molar-refractivity contribution in [2.45, 2.75) is 44.0 Å². The topological polar surface area (TPSA) is 17.8 Å². The van der Waals surface area contributed by atoms with Crippen molar-refractivity contribution in [1.29, 1.82) is 0 Å². The molecule has 4 unspecified atom stereocenters. The van der Waals surface area contributed by atoms with Gasteiger partial charge in [0.1, 0.15) is 17.2 Å². The molecule has 5 heteroatoms. The standard InChI is InChI=1S/C16H17ClF2N2/c1-8(17)16-20-15-12(19)6-11(18)7-14(15)21(16)13-5-9-2-3-10(13)4-9/h6-10,13H,2-5H2,1H3. The number of benzene rings is 1.